The van der Waals surface area contributed by atoms with Crippen molar-refractivity contribution < 1.29 is 0 Å². The summed E-state index contributed by atoms with van der Waals surface area (Å²) in [5.41, 5.74) is 1.24. The molecular weight excluding hydrogens is 132 g/mol. The first kappa shape index (κ1) is 7.80. The van der Waals surface area contributed by atoms with E-state index in [-0.39, 0.29) is 0 Å². The van der Waals surface area contributed by atoms with Gasteiger partial charge in [-0.05, 0) is 12.5 Å². The Bertz CT molecular complexity index is 242. The monoisotopic (exact) mass is 144 g/mol. The lowest BCUT2D eigenvalue weighted by molar-refractivity contribution is 1.66. The number of allylic oxidation sites excluding steroid dienone is 3. The van der Waals surface area contributed by atoms with Crippen LogP contribution in [0.15, 0.2) is 48.6 Å². The zero-order valence-electron chi connectivity index (χ0n) is 6.70. The minimum atomic E-state index is 1.24. The molecule has 0 saturated carbocycles. The number of hydrogen-bond donors (Lipinski definition) is 0. The lowest BCUT2D eigenvalue weighted by atomic mass is 10.2. The Morgan fingerprint density at radius 2 is 1.73 bits per heavy atom. The third-order valence-corrected chi connectivity index (χ3v) is 1.39. The van der Waals surface area contributed by atoms with Crippen LogP contribution >= 0.6 is 0 Å². The van der Waals surface area contributed by atoms with Gasteiger partial charge in [0.1, 0.15) is 0 Å². The van der Waals surface area contributed by atoms with E-state index in [9.17, 15) is 0 Å². The molecule has 1 aromatic rings. The largest absolute Gasteiger partial charge is 0.0877 e. The standard InChI is InChI=1S/C11H12/c1-2-3-5-8-11-9-6-4-7-10-11/h2-10H,1H3/b3-2?,8-5+. The topological polar surface area (TPSA) is 0 Å². The Balaban J connectivity index is 2.64. The molecule has 0 aromatic heterocycles. The van der Waals surface area contributed by atoms with Crippen LogP contribution in [-0.4, -0.2) is 0 Å². The molecule has 11 heavy (non-hydrogen) atoms. The van der Waals surface area contributed by atoms with E-state index >= 15 is 0 Å². The molecule has 1 rings (SSSR count). The fraction of sp³-hybridized carbons (Fsp3) is 0.0909. The van der Waals surface area contributed by atoms with Gasteiger partial charge in [0.25, 0.3) is 0 Å². The van der Waals surface area contributed by atoms with Gasteiger partial charge in [0.15, 0.2) is 0 Å². The predicted molar refractivity (Wildman–Crippen MR) is 50.3 cm³/mol. The summed E-state index contributed by atoms with van der Waals surface area (Å²) in [6.45, 7) is 2.01. The van der Waals surface area contributed by atoms with Gasteiger partial charge in [0, 0.05) is 0 Å². The quantitative estimate of drug-likeness (QED) is 0.559. The maximum Gasteiger partial charge on any atom is -0.0257 e. The van der Waals surface area contributed by atoms with Crippen molar-refractivity contribution in [2.24, 2.45) is 0 Å². The van der Waals surface area contributed by atoms with Crippen molar-refractivity contribution in [2.45, 2.75) is 6.92 Å². The van der Waals surface area contributed by atoms with Gasteiger partial charge < -0.3 is 0 Å². The van der Waals surface area contributed by atoms with Crippen LogP contribution in [0.5, 0.6) is 0 Å². The van der Waals surface area contributed by atoms with Crippen molar-refractivity contribution >= 4 is 6.08 Å². The van der Waals surface area contributed by atoms with Gasteiger partial charge in [-0.25, -0.2) is 0 Å². The van der Waals surface area contributed by atoms with Gasteiger partial charge in [-0.2, -0.15) is 0 Å². The van der Waals surface area contributed by atoms with Crippen LogP contribution in [0.3, 0.4) is 0 Å². The zero-order chi connectivity index (χ0) is 7.94. The molecule has 0 atom stereocenters. The first-order valence-electron chi connectivity index (χ1n) is 3.78. The fourth-order valence-electron chi connectivity index (χ4n) is 0.842. The molecule has 56 valence electrons. The van der Waals surface area contributed by atoms with E-state index in [1.807, 2.05) is 43.4 Å². The minimum Gasteiger partial charge on any atom is -0.0877 e. The molecule has 0 heterocycles. The third-order valence-electron chi connectivity index (χ3n) is 1.39. The van der Waals surface area contributed by atoms with Crippen LogP contribution < -0.4 is 0 Å². The molecule has 0 saturated heterocycles. The maximum atomic E-state index is 2.08. The summed E-state index contributed by atoms with van der Waals surface area (Å²) >= 11 is 0. The molecule has 0 amide bonds. The molecular formula is C11H12. The Hall–Kier alpha value is -1.30. The molecule has 0 aliphatic carbocycles. The normalized spacial score (nSPS) is 11.4. The number of hydrogen-bond acceptors (Lipinski definition) is 0. The van der Waals surface area contributed by atoms with Crippen molar-refractivity contribution in [1.82, 2.24) is 0 Å². The van der Waals surface area contributed by atoms with Crippen LogP contribution in [0, 0.1) is 0 Å². The average Bonchev–Trinajstić information content (AvgIpc) is 2.07. The SMILES string of the molecule is CC=C/C=C/c1ccccc1. The van der Waals surface area contributed by atoms with E-state index in [1.54, 1.807) is 0 Å². The van der Waals surface area contributed by atoms with Crippen LogP contribution in [0.25, 0.3) is 6.08 Å². The Labute approximate surface area is 67.9 Å². The zero-order valence-corrected chi connectivity index (χ0v) is 6.70. The first-order valence-corrected chi connectivity index (χ1v) is 3.78. The van der Waals surface area contributed by atoms with E-state index in [4.69, 9.17) is 0 Å². The first-order chi connectivity index (χ1) is 5.43. The summed E-state index contributed by atoms with van der Waals surface area (Å²) in [4.78, 5) is 0. The second-order valence-electron chi connectivity index (χ2n) is 2.30. The predicted octanol–water partition coefficient (Wildman–Crippen LogP) is 3.28. The number of rotatable bonds is 2. The van der Waals surface area contributed by atoms with Crippen LogP contribution in [-0.2, 0) is 0 Å². The van der Waals surface area contributed by atoms with Gasteiger partial charge in [0.2, 0.25) is 0 Å². The van der Waals surface area contributed by atoms with Crippen LogP contribution in [0.4, 0.5) is 0 Å². The number of benzene rings is 1. The van der Waals surface area contributed by atoms with E-state index in [2.05, 4.69) is 18.2 Å². The summed E-state index contributed by atoms with van der Waals surface area (Å²) in [7, 11) is 0. The highest BCUT2D eigenvalue weighted by Gasteiger charge is 1.78. The van der Waals surface area contributed by atoms with Crippen molar-refractivity contribution in [1.29, 1.82) is 0 Å². The molecule has 0 heteroatoms. The molecule has 0 N–H and O–H groups in total. The van der Waals surface area contributed by atoms with Crippen LogP contribution in [0.1, 0.15) is 12.5 Å². The third kappa shape index (κ3) is 2.85. The van der Waals surface area contributed by atoms with Gasteiger partial charge in [-0.1, -0.05) is 54.6 Å². The summed E-state index contributed by atoms with van der Waals surface area (Å²) in [5, 5.41) is 0. The lowest BCUT2D eigenvalue weighted by Gasteiger charge is -1.87. The Kier molecular flexibility index (Phi) is 3.20. The minimum absolute atomic E-state index is 1.24. The average molecular weight is 144 g/mol. The molecule has 0 radical (unpaired) electrons. The summed E-state index contributed by atoms with van der Waals surface area (Å²) in [6, 6.07) is 10.3. The second-order valence-corrected chi connectivity index (χ2v) is 2.30. The smallest absolute Gasteiger partial charge is 0.0257 e. The highest BCUT2D eigenvalue weighted by Crippen LogP contribution is 2.00. The Morgan fingerprint density at radius 3 is 2.36 bits per heavy atom. The molecule has 1 aromatic carbocycles. The van der Waals surface area contributed by atoms with Crippen molar-refractivity contribution in [3.8, 4) is 0 Å². The molecule has 0 unspecified atom stereocenters. The molecule has 0 bridgehead atoms. The fourth-order valence-corrected chi connectivity index (χ4v) is 0.842. The molecule has 0 fully saturated rings. The maximum absolute atomic E-state index is 2.08. The lowest BCUT2D eigenvalue weighted by Crippen LogP contribution is -1.66. The summed E-state index contributed by atoms with van der Waals surface area (Å²) in [5.74, 6) is 0. The highest BCUT2D eigenvalue weighted by molar-refractivity contribution is 5.50. The van der Waals surface area contributed by atoms with Gasteiger partial charge in [-0.3, -0.25) is 0 Å². The van der Waals surface area contributed by atoms with E-state index in [0.29, 0.717) is 0 Å². The molecule has 0 nitrogen and oxygen atoms in total. The van der Waals surface area contributed by atoms with Gasteiger partial charge in [0.05, 0.1) is 0 Å². The van der Waals surface area contributed by atoms with Gasteiger partial charge in [-0.15, -0.1) is 0 Å². The van der Waals surface area contributed by atoms with E-state index in [1.165, 1.54) is 5.56 Å². The summed E-state index contributed by atoms with van der Waals surface area (Å²) < 4.78 is 0. The van der Waals surface area contributed by atoms with Crippen molar-refractivity contribution in [3.05, 3.63) is 54.1 Å². The Morgan fingerprint density at radius 1 is 1.00 bits per heavy atom. The van der Waals surface area contributed by atoms with Crippen molar-refractivity contribution in [2.75, 3.05) is 0 Å². The highest BCUT2D eigenvalue weighted by atomic mass is 13.8. The second kappa shape index (κ2) is 4.51. The van der Waals surface area contributed by atoms with Crippen LogP contribution in [0.2, 0.25) is 0 Å². The molecule has 0 aliphatic rings. The van der Waals surface area contributed by atoms with E-state index < -0.39 is 0 Å². The molecule has 0 aliphatic heterocycles. The van der Waals surface area contributed by atoms with Gasteiger partial charge >= 0.3 is 0 Å². The van der Waals surface area contributed by atoms with E-state index in [0.717, 1.165) is 0 Å². The molecule has 0 spiro atoms. The summed E-state index contributed by atoms with van der Waals surface area (Å²) in [6.07, 6.45) is 8.15. The van der Waals surface area contributed by atoms with Crippen molar-refractivity contribution in [3.63, 3.8) is 0 Å².